The molecule has 0 aliphatic heterocycles. The number of carboxylic acids is 1. The molecule has 0 bridgehead atoms. The molecule has 1 aromatic carbocycles. The van der Waals surface area contributed by atoms with E-state index in [9.17, 15) is 4.79 Å². The SMILES string of the molecule is O=C(O)c1c(Cl)ccc2sc(=S)[nH]c12. The molecule has 0 amide bonds. The highest BCUT2D eigenvalue weighted by molar-refractivity contribution is 7.73. The van der Waals surface area contributed by atoms with Crippen LogP contribution in [0.15, 0.2) is 12.1 Å². The van der Waals surface area contributed by atoms with Crippen LogP contribution in [-0.2, 0) is 0 Å². The third-order valence-corrected chi connectivity index (χ3v) is 3.27. The number of carboxylic acid groups (broad SMARTS) is 1. The van der Waals surface area contributed by atoms with Crippen molar-refractivity contribution in [1.29, 1.82) is 0 Å². The lowest BCUT2D eigenvalue weighted by Crippen LogP contribution is -1.98. The van der Waals surface area contributed by atoms with Crippen molar-refractivity contribution < 1.29 is 9.90 Å². The summed E-state index contributed by atoms with van der Waals surface area (Å²) in [5, 5.41) is 9.16. The molecule has 72 valence electrons. The Labute approximate surface area is 93.0 Å². The first-order chi connectivity index (χ1) is 6.59. The van der Waals surface area contributed by atoms with E-state index in [4.69, 9.17) is 28.9 Å². The van der Waals surface area contributed by atoms with E-state index in [2.05, 4.69) is 4.98 Å². The monoisotopic (exact) mass is 245 g/mol. The molecule has 2 aromatic rings. The molecule has 0 spiro atoms. The Kier molecular flexibility index (Phi) is 2.30. The van der Waals surface area contributed by atoms with Gasteiger partial charge in [-0.3, -0.25) is 0 Å². The van der Waals surface area contributed by atoms with E-state index in [-0.39, 0.29) is 10.6 Å². The standard InChI is InChI=1S/C8H4ClNO2S2/c9-3-1-2-4-6(5(3)7(11)12)10-8(13)14-4/h1-2H,(H,10,13)(H,11,12). The Balaban J connectivity index is 2.95. The van der Waals surface area contributed by atoms with Gasteiger partial charge in [-0.15, -0.1) is 11.3 Å². The van der Waals surface area contributed by atoms with Gasteiger partial charge in [-0.2, -0.15) is 0 Å². The third kappa shape index (κ3) is 1.43. The van der Waals surface area contributed by atoms with Crippen LogP contribution in [0.3, 0.4) is 0 Å². The van der Waals surface area contributed by atoms with E-state index in [0.29, 0.717) is 9.47 Å². The predicted octanol–water partition coefficient (Wildman–Crippen LogP) is 3.31. The van der Waals surface area contributed by atoms with Crippen LogP contribution in [0, 0.1) is 3.95 Å². The van der Waals surface area contributed by atoms with Crippen molar-refractivity contribution in [3.05, 3.63) is 26.7 Å². The molecular formula is C8H4ClNO2S2. The Bertz CT molecular complexity index is 572. The van der Waals surface area contributed by atoms with Gasteiger partial charge < -0.3 is 10.1 Å². The molecule has 0 fully saturated rings. The first-order valence-corrected chi connectivity index (χ1v) is 5.24. The van der Waals surface area contributed by atoms with Crippen LogP contribution in [0.2, 0.25) is 5.02 Å². The summed E-state index contributed by atoms with van der Waals surface area (Å²) in [5.41, 5.74) is 0.580. The third-order valence-electron chi connectivity index (χ3n) is 1.76. The molecule has 1 heterocycles. The van der Waals surface area contributed by atoms with Gasteiger partial charge in [0.1, 0.15) is 5.56 Å². The van der Waals surface area contributed by atoms with Gasteiger partial charge >= 0.3 is 5.97 Å². The van der Waals surface area contributed by atoms with Crippen LogP contribution in [0.5, 0.6) is 0 Å². The van der Waals surface area contributed by atoms with E-state index in [1.54, 1.807) is 12.1 Å². The number of hydrogen-bond acceptors (Lipinski definition) is 3. The molecule has 0 aliphatic carbocycles. The minimum absolute atomic E-state index is 0.0801. The lowest BCUT2D eigenvalue weighted by Gasteiger charge is -1.98. The fraction of sp³-hybridized carbons (Fsp3) is 0. The number of benzene rings is 1. The number of carbonyl (C=O) groups is 1. The molecule has 14 heavy (non-hydrogen) atoms. The van der Waals surface area contributed by atoms with Crippen molar-refractivity contribution in [2.75, 3.05) is 0 Å². The van der Waals surface area contributed by atoms with Crippen molar-refractivity contribution >= 4 is 51.3 Å². The number of nitrogens with one attached hydrogen (secondary N) is 1. The maximum absolute atomic E-state index is 10.9. The van der Waals surface area contributed by atoms with Crippen LogP contribution < -0.4 is 0 Å². The largest absolute Gasteiger partial charge is 0.478 e. The van der Waals surface area contributed by atoms with Gasteiger partial charge in [0.25, 0.3) is 0 Å². The number of aromatic nitrogens is 1. The van der Waals surface area contributed by atoms with Gasteiger partial charge in [0.2, 0.25) is 0 Å². The van der Waals surface area contributed by atoms with E-state index >= 15 is 0 Å². The summed E-state index contributed by atoms with van der Waals surface area (Å²) in [5.74, 6) is -1.05. The number of hydrogen-bond donors (Lipinski definition) is 2. The van der Waals surface area contributed by atoms with Crippen molar-refractivity contribution in [2.24, 2.45) is 0 Å². The minimum atomic E-state index is -1.05. The normalized spacial score (nSPS) is 10.6. The zero-order valence-corrected chi connectivity index (χ0v) is 9.09. The molecule has 6 heteroatoms. The quantitative estimate of drug-likeness (QED) is 0.758. The van der Waals surface area contributed by atoms with Gasteiger partial charge in [0, 0.05) is 0 Å². The van der Waals surface area contributed by atoms with Crippen LogP contribution in [0.4, 0.5) is 0 Å². The first-order valence-electron chi connectivity index (χ1n) is 3.64. The van der Waals surface area contributed by atoms with E-state index in [1.807, 2.05) is 0 Å². The second-order valence-corrected chi connectivity index (χ2v) is 4.74. The molecular weight excluding hydrogens is 242 g/mol. The fourth-order valence-electron chi connectivity index (χ4n) is 1.20. The van der Waals surface area contributed by atoms with Gasteiger partial charge in [-0.05, 0) is 24.4 Å². The van der Waals surface area contributed by atoms with Crippen molar-refractivity contribution in [3.8, 4) is 0 Å². The Morgan fingerprint density at radius 3 is 2.93 bits per heavy atom. The van der Waals surface area contributed by atoms with Gasteiger partial charge in [-0.25, -0.2) is 4.79 Å². The average Bonchev–Trinajstić information content (AvgIpc) is 2.43. The number of rotatable bonds is 1. The maximum Gasteiger partial charge on any atom is 0.339 e. The maximum atomic E-state index is 10.9. The summed E-state index contributed by atoms with van der Waals surface area (Å²) >= 11 is 12.0. The van der Waals surface area contributed by atoms with Gasteiger partial charge in [-0.1, -0.05) is 11.6 Å². The number of aromatic amines is 1. The number of fused-ring (bicyclic) bond motifs is 1. The number of aromatic carboxylic acids is 1. The zero-order valence-electron chi connectivity index (χ0n) is 6.70. The zero-order chi connectivity index (χ0) is 10.3. The lowest BCUT2D eigenvalue weighted by atomic mass is 10.2. The van der Waals surface area contributed by atoms with Crippen molar-refractivity contribution in [3.63, 3.8) is 0 Å². The van der Waals surface area contributed by atoms with Crippen LogP contribution >= 0.6 is 35.2 Å². The summed E-state index contributed by atoms with van der Waals surface area (Å²) in [6, 6.07) is 3.31. The summed E-state index contributed by atoms with van der Waals surface area (Å²) < 4.78 is 1.35. The number of halogens is 1. The lowest BCUT2D eigenvalue weighted by molar-refractivity contribution is 0.0699. The molecule has 0 saturated heterocycles. The minimum Gasteiger partial charge on any atom is -0.478 e. The van der Waals surface area contributed by atoms with Gasteiger partial charge in [0.05, 0.1) is 15.2 Å². The average molecular weight is 246 g/mol. The molecule has 0 unspecified atom stereocenters. The molecule has 0 aliphatic rings. The first kappa shape index (κ1) is 9.64. The molecule has 3 nitrogen and oxygen atoms in total. The molecule has 0 saturated carbocycles. The molecule has 0 radical (unpaired) electrons. The Hall–Kier alpha value is -0.910. The molecule has 0 atom stereocenters. The van der Waals surface area contributed by atoms with Gasteiger partial charge in [0.15, 0.2) is 3.95 Å². The Morgan fingerprint density at radius 2 is 2.29 bits per heavy atom. The van der Waals surface area contributed by atoms with Crippen LogP contribution in [0.25, 0.3) is 10.2 Å². The second-order valence-electron chi connectivity index (χ2n) is 2.62. The van der Waals surface area contributed by atoms with E-state index in [0.717, 1.165) is 4.70 Å². The topological polar surface area (TPSA) is 53.1 Å². The highest BCUT2D eigenvalue weighted by atomic mass is 35.5. The van der Waals surface area contributed by atoms with Crippen LogP contribution in [-0.4, -0.2) is 16.1 Å². The number of thiazole rings is 1. The fourth-order valence-corrected chi connectivity index (χ4v) is 2.56. The van der Waals surface area contributed by atoms with Crippen molar-refractivity contribution in [1.82, 2.24) is 4.98 Å². The summed E-state index contributed by atoms with van der Waals surface area (Å²) in [6.45, 7) is 0. The molecule has 1 aromatic heterocycles. The van der Waals surface area contributed by atoms with Crippen molar-refractivity contribution in [2.45, 2.75) is 0 Å². The second kappa shape index (κ2) is 3.34. The van der Waals surface area contributed by atoms with E-state index < -0.39 is 5.97 Å². The summed E-state index contributed by atoms with van der Waals surface area (Å²) in [4.78, 5) is 13.7. The molecule has 2 N–H and O–H groups in total. The Morgan fingerprint density at radius 1 is 1.57 bits per heavy atom. The summed E-state index contributed by atoms with van der Waals surface area (Å²) in [6.07, 6.45) is 0. The highest BCUT2D eigenvalue weighted by Gasteiger charge is 2.14. The predicted molar refractivity (Wildman–Crippen MR) is 59.0 cm³/mol. The highest BCUT2D eigenvalue weighted by Crippen LogP contribution is 2.28. The molecule has 2 rings (SSSR count). The smallest absolute Gasteiger partial charge is 0.339 e. The van der Waals surface area contributed by atoms with Crippen LogP contribution in [0.1, 0.15) is 10.4 Å². The van der Waals surface area contributed by atoms with E-state index in [1.165, 1.54) is 11.3 Å². The number of H-pyrrole nitrogens is 1. The summed E-state index contributed by atoms with van der Waals surface area (Å²) in [7, 11) is 0.